The lowest BCUT2D eigenvalue weighted by molar-refractivity contribution is 0.382. The SMILES string of the molecule is CC(NC(=S)Nc1c(F)c(F)c(F)c(F)c1F)c1ccccc1. The van der Waals surface area contributed by atoms with Gasteiger partial charge < -0.3 is 10.6 Å². The molecule has 0 saturated carbocycles. The molecule has 0 aromatic heterocycles. The van der Waals surface area contributed by atoms with Gasteiger partial charge in [-0.2, -0.15) is 0 Å². The smallest absolute Gasteiger partial charge is 0.200 e. The maximum atomic E-state index is 13.6. The molecule has 2 aromatic rings. The molecule has 1 atom stereocenters. The molecule has 0 aliphatic heterocycles. The van der Waals surface area contributed by atoms with Crippen LogP contribution in [0.15, 0.2) is 30.3 Å². The molecule has 2 nitrogen and oxygen atoms in total. The van der Waals surface area contributed by atoms with Crippen molar-refractivity contribution in [1.29, 1.82) is 0 Å². The van der Waals surface area contributed by atoms with Crippen LogP contribution in [0.4, 0.5) is 27.6 Å². The monoisotopic (exact) mass is 346 g/mol. The van der Waals surface area contributed by atoms with Gasteiger partial charge in [0.05, 0.1) is 6.04 Å². The van der Waals surface area contributed by atoms with Crippen molar-refractivity contribution >= 4 is 23.0 Å². The zero-order chi connectivity index (χ0) is 17.1. The van der Waals surface area contributed by atoms with Gasteiger partial charge in [-0.05, 0) is 24.7 Å². The second-order valence-corrected chi connectivity index (χ2v) is 5.08. The maximum absolute atomic E-state index is 13.6. The average molecular weight is 346 g/mol. The summed E-state index contributed by atoms with van der Waals surface area (Å²) in [5, 5.41) is 4.44. The normalized spacial score (nSPS) is 11.9. The van der Waals surface area contributed by atoms with Crippen molar-refractivity contribution in [1.82, 2.24) is 5.32 Å². The summed E-state index contributed by atoms with van der Waals surface area (Å²) in [7, 11) is 0. The van der Waals surface area contributed by atoms with Gasteiger partial charge in [-0.3, -0.25) is 0 Å². The third-order valence-corrected chi connectivity index (χ3v) is 3.32. The zero-order valence-corrected chi connectivity index (χ0v) is 12.6. The second kappa shape index (κ2) is 6.91. The van der Waals surface area contributed by atoms with Gasteiger partial charge in [0.15, 0.2) is 28.4 Å². The Morgan fingerprint density at radius 1 is 0.870 bits per heavy atom. The third kappa shape index (κ3) is 3.58. The predicted octanol–water partition coefficient (Wildman–Crippen LogP) is 4.43. The fourth-order valence-corrected chi connectivity index (χ4v) is 2.16. The summed E-state index contributed by atoms with van der Waals surface area (Å²) >= 11 is 4.86. The Kier molecular flexibility index (Phi) is 5.15. The Labute approximate surface area is 134 Å². The summed E-state index contributed by atoms with van der Waals surface area (Å²) in [6, 6.07) is 8.62. The molecule has 2 N–H and O–H groups in total. The van der Waals surface area contributed by atoms with E-state index in [0.29, 0.717) is 0 Å². The first-order chi connectivity index (χ1) is 10.8. The highest BCUT2D eigenvalue weighted by molar-refractivity contribution is 7.80. The third-order valence-electron chi connectivity index (χ3n) is 3.10. The van der Waals surface area contributed by atoms with Gasteiger partial charge in [-0.25, -0.2) is 22.0 Å². The highest BCUT2D eigenvalue weighted by Crippen LogP contribution is 2.27. The van der Waals surface area contributed by atoms with E-state index in [2.05, 4.69) is 5.32 Å². The molecule has 2 rings (SSSR count). The van der Waals surface area contributed by atoms with Crippen LogP contribution in [-0.2, 0) is 0 Å². The number of rotatable bonds is 3. The zero-order valence-electron chi connectivity index (χ0n) is 11.8. The number of anilines is 1. The Bertz CT molecular complexity index is 707. The number of hydrogen-bond donors (Lipinski definition) is 2. The summed E-state index contributed by atoms with van der Waals surface area (Å²) in [4.78, 5) is 0. The van der Waals surface area contributed by atoms with Crippen molar-refractivity contribution in [2.75, 3.05) is 5.32 Å². The first kappa shape index (κ1) is 17.1. The molecule has 0 heterocycles. The molecular weight excluding hydrogens is 335 g/mol. The lowest BCUT2D eigenvalue weighted by Gasteiger charge is -2.18. The first-order valence-corrected chi connectivity index (χ1v) is 6.87. The number of nitrogens with one attached hydrogen (secondary N) is 2. The van der Waals surface area contributed by atoms with E-state index in [1.165, 1.54) is 0 Å². The van der Waals surface area contributed by atoms with E-state index in [0.717, 1.165) is 5.56 Å². The van der Waals surface area contributed by atoms with Crippen molar-refractivity contribution < 1.29 is 22.0 Å². The van der Waals surface area contributed by atoms with Gasteiger partial charge in [0.1, 0.15) is 5.69 Å². The quantitative estimate of drug-likeness (QED) is 0.372. The number of benzene rings is 2. The molecule has 0 amide bonds. The summed E-state index contributed by atoms with van der Waals surface area (Å²) in [5.41, 5.74) is -0.367. The van der Waals surface area contributed by atoms with E-state index in [1.807, 2.05) is 11.4 Å². The first-order valence-electron chi connectivity index (χ1n) is 6.46. The fourth-order valence-electron chi connectivity index (χ4n) is 1.89. The lowest BCUT2D eigenvalue weighted by atomic mass is 10.1. The fraction of sp³-hybridized carbons (Fsp3) is 0.133. The minimum atomic E-state index is -2.22. The molecule has 2 aromatic carbocycles. The highest BCUT2D eigenvalue weighted by atomic mass is 32.1. The molecule has 8 heteroatoms. The summed E-state index contributed by atoms with van der Waals surface area (Å²) in [6.07, 6.45) is 0. The number of thiocarbonyl (C=S) groups is 1. The van der Waals surface area contributed by atoms with E-state index in [-0.39, 0.29) is 11.2 Å². The van der Waals surface area contributed by atoms with Gasteiger partial charge in [0, 0.05) is 0 Å². The van der Waals surface area contributed by atoms with Gasteiger partial charge in [0.25, 0.3) is 0 Å². The van der Waals surface area contributed by atoms with Crippen LogP contribution >= 0.6 is 12.2 Å². The van der Waals surface area contributed by atoms with Gasteiger partial charge in [0.2, 0.25) is 5.82 Å². The molecular formula is C15H11F5N2S. The van der Waals surface area contributed by atoms with Crippen molar-refractivity contribution in [3.05, 3.63) is 65.0 Å². The minimum absolute atomic E-state index is 0.274. The molecule has 122 valence electrons. The highest BCUT2D eigenvalue weighted by Gasteiger charge is 2.26. The van der Waals surface area contributed by atoms with Crippen LogP contribution in [-0.4, -0.2) is 5.11 Å². The van der Waals surface area contributed by atoms with Crippen molar-refractivity contribution in [3.63, 3.8) is 0 Å². The van der Waals surface area contributed by atoms with Crippen molar-refractivity contribution in [2.24, 2.45) is 0 Å². The van der Waals surface area contributed by atoms with Crippen molar-refractivity contribution in [3.8, 4) is 0 Å². The summed E-state index contributed by atoms with van der Waals surface area (Å²) < 4.78 is 66.3. The van der Waals surface area contributed by atoms with E-state index in [1.54, 1.807) is 31.2 Å². The second-order valence-electron chi connectivity index (χ2n) is 4.68. The van der Waals surface area contributed by atoms with Gasteiger partial charge in [-0.15, -0.1) is 0 Å². The average Bonchev–Trinajstić information content (AvgIpc) is 2.56. The maximum Gasteiger partial charge on any atom is 0.200 e. The molecule has 1 unspecified atom stereocenters. The Morgan fingerprint density at radius 3 is 1.87 bits per heavy atom. The van der Waals surface area contributed by atoms with Crippen LogP contribution in [0.25, 0.3) is 0 Å². The van der Waals surface area contributed by atoms with Crippen LogP contribution in [0.5, 0.6) is 0 Å². The van der Waals surface area contributed by atoms with Gasteiger partial charge >= 0.3 is 0 Å². The standard InChI is InChI=1S/C15H11F5N2S/c1-7(8-5-3-2-4-6-8)21-15(23)22-14-12(19)10(17)9(16)11(18)13(14)20/h2-7H,1H3,(H2,21,22,23). The van der Waals surface area contributed by atoms with E-state index in [9.17, 15) is 22.0 Å². The van der Waals surface area contributed by atoms with Crippen LogP contribution in [0, 0.1) is 29.1 Å². The number of hydrogen-bond acceptors (Lipinski definition) is 1. The molecule has 0 fully saturated rings. The molecule has 0 saturated heterocycles. The van der Waals surface area contributed by atoms with Crippen LogP contribution < -0.4 is 10.6 Å². The Morgan fingerprint density at radius 2 is 1.35 bits per heavy atom. The molecule has 0 radical (unpaired) electrons. The van der Waals surface area contributed by atoms with Crippen LogP contribution in [0.2, 0.25) is 0 Å². The molecule has 0 aliphatic carbocycles. The summed E-state index contributed by atoms with van der Waals surface area (Å²) in [5.74, 6) is -10.2. The van der Waals surface area contributed by atoms with E-state index < -0.39 is 34.8 Å². The van der Waals surface area contributed by atoms with Crippen LogP contribution in [0.3, 0.4) is 0 Å². The summed E-state index contributed by atoms with van der Waals surface area (Å²) in [6.45, 7) is 1.72. The molecule has 0 spiro atoms. The Balaban J connectivity index is 2.18. The van der Waals surface area contributed by atoms with Crippen LogP contribution in [0.1, 0.15) is 18.5 Å². The molecule has 0 aliphatic rings. The van der Waals surface area contributed by atoms with Gasteiger partial charge in [-0.1, -0.05) is 30.3 Å². The van der Waals surface area contributed by atoms with E-state index in [4.69, 9.17) is 12.2 Å². The van der Waals surface area contributed by atoms with E-state index >= 15 is 0 Å². The molecule has 0 bridgehead atoms. The Hall–Kier alpha value is -2.22. The topological polar surface area (TPSA) is 24.1 Å². The minimum Gasteiger partial charge on any atom is -0.356 e. The van der Waals surface area contributed by atoms with Crippen molar-refractivity contribution in [2.45, 2.75) is 13.0 Å². The predicted molar refractivity (Wildman–Crippen MR) is 80.4 cm³/mol. The molecule has 23 heavy (non-hydrogen) atoms. The number of halogens is 5. The largest absolute Gasteiger partial charge is 0.356 e. The lowest BCUT2D eigenvalue weighted by Crippen LogP contribution is -2.32.